The zero-order chi connectivity index (χ0) is 22.6. The van der Waals surface area contributed by atoms with Gasteiger partial charge in [-0.25, -0.2) is 8.42 Å². The summed E-state index contributed by atoms with van der Waals surface area (Å²) in [6, 6.07) is 15.4. The summed E-state index contributed by atoms with van der Waals surface area (Å²) in [6.07, 6.45) is 0.871. The van der Waals surface area contributed by atoms with Crippen LogP contribution in [0.1, 0.15) is 43.9 Å². The summed E-state index contributed by atoms with van der Waals surface area (Å²) in [5.74, 6) is -0.137. The number of halogens is 1. The molecule has 0 spiro atoms. The maximum atomic E-state index is 13.0. The highest BCUT2D eigenvalue weighted by Gasteiger charge is 2.34. The predicted molar refractivity (Wildman–Crippen MR) is 120 cm³/mol. The number of sulfonamides is 1. The average molecular weight is 460 g/mol. The molecule has 0 aliphatic carbocycles. The molecule has 1 aliphatic heterocycles. The molecule has 1 aliphatic rings. The average Bonchev–Trinajstić information content (AvgIpc) is 2.78. The van der Waals surface area contributed by atoms with Crippen molar-refractivity contribution in [2.24, 2.45) is 11.8 Å². The molecule has 3 rings (SSSR count). The molecule has 0 saturated carbocycles. The van der Waals surface area contributed by atoms with E-state index in [1.54, 1.807) is 24.3 Å². The van der Waals surface area contributed by atoms with Gasteiger partial charge in [-0.1, -0.05) is 49.7 Å². The Bertz CT molecular complexity index is 1070. The van der Waals surface area contributed by atoms with Gasteiger partial charge in [0, 0.05) is 24.0 Å². The van der Waals surface area contributed by atoms with Crippen LogP contribution in [0.3, 0.4) is 0 Å². The summed E-state index contributed by atoms with van der Waals surface area (Å²) in [4.78, 5) is 12.9. The van der Waals surface area contributed by atoms with Crippen LogP contribution in [-0.4, -0.2) is 31.7 Å². The monoisotopic (exact) mass is 459 g/mol. The molecule has 1 fully saturated rings. The molecule has 1 saturated heterocycles. The lowest BCUT2D eigenvalue weighted by Crippen LogP contribution is -2.44. The molecule has 1 N–H and O–H groups in total. The Morgan fingerprint density at radius 1 is 1.13 bits per heavy atom. The molecule has 1 amide bonds. The van der Waals surface area contributed by atoms with E-state index >= 15 is 0 Å². The van der Waals surface area contributed by atoms with Crippen molar-refractivity contribution in [1.82, 2.24) is 9.62 Å². The Hall–Kier alpha value is -2.40. The van der Waals surface area contributed by atoms with E-state index in [1.165, 1.54) is 16.4 Å². The first kappa shape index (κ1) is 23.3. The van der Waals surface area contributed by atoms with Gasteiger partial charge in [-0.05, 0) is 48.6 Å². The second-order valence-corrected chi connectivity index (χ2v) is 10.4. The Labute approximate surface area is 188 Å². The Morgan fingerprint density at radius 2 is 1.74 bits per heavy atom. The number of nitrogens with one attached hydrogen (secondary N) is 1. The van der Waals surface area contributed by atoms with Crippen LogP contribution in [0, 0.1) is 23.2 Å². The molecular formula is C23H26ClN3O3S. The number of amides is 1. The molecule has 8 heteroatoms. The van der Waals surface area contributed by atoms with Crippen LogP contribution in [-0.2, 0) is 14.8 Å². The lowest BCUT2D eigenvalue weighted by molar-refractivity contribution is -0.127. The van der Waals surface area contributed by atoms with Gasteiger partial charge >= 0.3 is 0 Å². The quantitative estimate of drug-likeness (QED) is 0.703. The molecule has 2 aromatic carbocycles. The van der Waals surface area contributed by atoms with Crippen molar-refractivity contribution in [2.45, 2.75) is 37.6 Å². The van der Waals surface area contributed by atoms with Gasteiger partial charge in [0.15, 0.2) is 0 Å². The van der Waals surface area contributed by atoms with Gasteiger partial charge in [0.25, 0.3) is 0 Å². The molecule has 0 radical (unpaired) electrons. The summed E-state index contributed by atoms with van der Waals surface area (Å²) in [5.41, 5.74) is 1.12. The van der Waals surface area contributed by atoms with Crippen LogP contribution in [0.5, 0.6) is 0 Å². The highest BCUT2D eigenvalue weighted by Crippen LogP contribution is 2.28. The van der Waals surface area contributed by atoms with Crippen LogP contribution in [0.15, 0.2) is 53.4 Å². The van der Waals surface area contributed by atoms with E-state index in [1.807, 2.05) is 32.0 Å². The van der Waals surface area contributed by atoms with Gasteiger partial charge in [-0.3, -0.25) is 4.79 Å². The first-order chi connectivity index (χ1) is 14.7. The fourth-order valence-electron chi connectivity index (χ4n) is 3.86. The molecule has 164 valence electrons. The lowest BCUT2D eigenvalue weighted by Gasteiger charge is -2.32. The van der Waals surface area contributed by atoms with Gasteiger partial charge < -0.3 is 5.32 Å². The summed E-state index contributed by atoms with van der Waals surface area (Å²) < 4.78 is 27.3. The van der Waals surface area contributed by atoms with Crippen molar-refractivity contribution < 1.29 is 13.2 Å². The number of hydrogen-bond acceptors (Lipinski definition) is 4. The van der Waals surface area contributed by atoms with E-state index in [9.17, 15) is 18.5 Å². The van der Waals surface area contributed by atoms with E-state index in [0.717, 1.165) is 5.56 Å². The third-order valence-electron chi connectivity index (χ3n) is 5.64. The Morgan fingerprint density at radius 3 is 2.32 bits per heavy atom. The Balaban J connectivity index is 1.66. The number of nitrogens with zero attached hydrogens (tertiary/aromatic N) is 2. The molecule has 2 aromatic rings. The number of carbonyl (C=O) groups excluding carboxylic acids is 1. The maximum Gasteiger partial charge on any atom is 0.244 e. The van der Waals surface area contributed by atoms with E-state index < -0.39 is 10.0 Å². The Kier molecular flexibility index (Phi) is 7.37. The largest absolute Gasteiger partial charge is 0.349 e. The first-order valence-corrected chi connectivity index (χ1v) is 12.1. The van der Waals surface area contributed by atoms with Crippen LogP contribution in [0.25, 0.3) is 0 Å². The van der Waals surface area contributed by atoms with Crippen molar-refractivity contribution in [2.75, 3.05) is 13.1 Å². The number of piperidine rings is 1. The van der Waals surface area contributed by atoms with Crippen molar-refractivity contribution in [1.29, 1.82) is 5.26 Å². The number of hydrogen-bond donors (Lipinski definition) is 1. The zero-order valence-corrected chi connectivity index (χ0v) is 19.2. The maximum absolute atomic E-state index is 13.0. The van der Waals surface area contributed by atoms with Gasteiger partial charge in [0.05, 0.1) is 16.5 Å². The summed E-state index contributed by atoms with van der Waals surface area (Å²) >= 11 is 5.98. The highest BCUT2D eigenvalue weighted by atomic mass is 35.5. The molecule has 1 heterocycles. The number of nitriles is 1. The first-order valence-electron chi connectivity index (χ1n) is 10.3. The highest BCUT2D eigenvalue weighted by molar-refractivity contribution is 7.89. The van der Waals surface area contributed by atoms with Crippen molar-refractivity contribution in [3.05, 3.63) is 64.7 Å². The smallest absolute Gasteiger partial charge is 0.244 e. The van der Waals surface area contributed by atoms with Crippen molar-refractivity contribution >= 4 is 27.5 Å². The normalized spacial score (nSPS) is 16.6. The molecule has 0 bridgehead atoms. The predicted octanol–water partition coefficient (Wildman–Crippen LogP) is 4.13. The third-order valence-corrected chi connectivity index (χ3v) is 7.85. The van der Waals surface area contributed by atoms with Crippen molar-refractivity contribution in [3.63, 3.8) is 0 Å². The molecule has 1 atom stereocenters. The second kappa shape index (κ2) is 9.82. The third kappa shape index (κ3) is 5.27. The van der Waals surface area contributed by atoms with Gasteiger partial charge in [0.2, 0.25) is 15.9 Å². The van der Waals surface area contributed by atoms with E-state index in [2.05, 4.69) is 5.32 Å². The molecule has 31 heavy (non-hydrogen) atoms. The minimum absolute atomic E-state index is 0.0167. The number of rotatable bonds is 6. The van der Waals surface area contributed by atoms with Crippen LogP contribution < -0.4 is 5.32 Å². The zero-order valence-electron chi connectivity index (χ0n) is 17.6. The fraction of sp³-hybridized carbons (Fsp3) is 0.391. The molecule has 1 unspecified atom stereocenters. The molecule has 6 nitrogen and oxygen atoms in total. The fourth-order valence-corrected chi connectivity index (χ4v) is 5.60. The lowest BCUT2D eigenvalue weighted by atomic mass is 9.93. The van der Waals surface area contributed by atoms with E-state index in [4.69, 9.17) is 11.6 Å². The molecule has 0 aromatic heterocycles. The summed E-state index contributed by atoms with van der Waals surface area (Å²) in [6.45, 7) is 4.57. The van der Waals surface area contributed by atoms with Crippen LogP contribution in [0.2, 0.25) is 5.02 Å². The summed E-state index contributed by atoms with van der Waals surface area (Å²) in [5, 5.41) is 13.0. The van der Waals surface area contributed by atoms with E-state index in [0.29, 0.717) is 17.9 Å². The minimum Gasteiger partial charge on any atom is -0.349 e. The van der Waals surface area contributed by atoms with Gasteiger partial charge in [-0.15, -0.1) is 0 Å². The summed E-state index contributed by atoms with van der Waals surface area (Å²) in [7, 11) is -3.77. The van der Waals surface area contributed by atoms with Crippen LogP contribution in [0.4, 0.5) is 0 Å². The standard InChI is InChI=1S/C23H26ClN3O3S/c1-16(2)22(17-7-9-20(24)10-8-17)26-23(28)18-11-13-27(14-12-18)31(29,30)21-6-4-3-5-19(21)15-25/h3-10,16,18,22H,11-14H2,1-2H3,(H,26,28). The molecular weight excluding hydrogens is 434 g/mol. The van der Waals surface area contributed by atoms with Crippen molar-refractivity contribution in [3.8, 4) is 6.07 Å². The second-order valence-electron chi connectivity index (χ2n) is 8.07. The number of carbonyl (C=O) groups is 1. The minimum atomic E-state index is -3.77. The topological polar surface area (TPSA) is 90.3 Å². The van der Waals surface area contributed by atoms with Crippen LogP contribution >= 0.6 is 11.6 Å². The van der Waals surface area contributed by atoms with Gasteiger partial charge in [-0.2, -0.15) is 9.57 Å². The number of benzene rings is 2. The van der Waals surface area contributed by atoms with Gasteiger partial charge in [0.1, 0.15) is 6.07 Å². The SMILES string of the molecule is CC(C)C(NC(=O)C1CCN(S(=O)(=O)c2ccccc2C#N)CC1)c1ccc(Cl)cc1. The van der Waals surface area contributed by atoms with E-state index in [-0.39, 0.29) is 47.3 Å².